The lowest BCUT2D eigenvalue weighted by molar-refractivity contribution is -0.128. The summed E-state index contributed by atoms with van der Waals surface area (Å²) in [5.41, 5.74) is 1.36. The molecule has 0 aliphatic carbocycles. The van der Waals surface area contributed by atoms with E-state index in [4.69, 9.17) is 19.6 Å². The number of amides is 1. The van der Waals surface area contributed by atoms with Crippen LogP contribution in [-0.2, 0) is 22.4 Å². The predicted molar refractivity (Wildman–Crippen MR) is 164 cm³/mol. The minimum atomic E-state index is -1.40. The fourth-order valence-electron chi connectivity index (χ4n) is 5.07. The molecule has 1 heterocycles. The molecule has 4 aromatic carbocycles. The Bertz CT molecular complexity index is 1560. The van der Waals surface area contributed by atoms with Gasteiger partial charge in [0.2, 0.25) is 5.90 Å². The van der Waals surface area contributed by atoms with Crippen LogP contribution in [0.5, 0.6) is 5.75 Å². The summed E-state index contributed by atoms with van der Waals surface area (Å²) in [5.74, 6) is -0.752. The molecule has 2 N–H and O–H groups in total. The summed E-state index contributed by atoms with van der Waals surface area (Å²) in [6.07, 6.45) is 0.219. The number of nitrogens with zero attached hydrogens (tertiary/aromatic N) is 1. The monoisotopic (exact) mass is 648 g/mol. The molecule has 43 heavy (non-hydrogen) atoms. The van der Waals surface area contributed by atoms with Gasteiger partial charge in [0.05, 0.1) is 6.61 Å². The fourth-order valence-corrected chi connectivity index (χ4v) is 5.50. The van der Waals surface area contributed by atoms with Gasteiger partial charge < -0.3 is 19.9 Å². The lowest BCUT2D eigenvalue weighted by Crippen LogP contribution is -2.50. The van der Waals surface area contributed by atoms with Crippen LogP contribution in [0.4, 0.5) is 8.78 Å². The summed E-state index contributed by atoms with van der Waals surface area (Å²) >= 11 is 3.62. The van der Waals surface area contributed by atoms with Gasteiger partial charge in [0, 0.05) is 42.1 Å². The molecule has 5 rings (SSSR count). The molecule has 0 fully saturated rings. The maximum Gasteiger partial charge on any atom is 0.252 e. The van der Waals surface area contributed by atoms with Crippen molar-refractivity contribution < 1.29 is 28.2 Å². The normalized spacial score (nSPS) is 17.7. The van der Waals surface area contributed by atoms with Gasteiger partial charge in [-0.1, -0.05) is 64.5 Å². The predicted octanol–water partition coefficient (Wildman–Crippen LogP) is 6.35. The van der Waals surface area contributed by atoms with Gasteiger partial charge in [-0.25, -0.2) is 13.8 Å². The second kappa shape index (κ2) is 13.9. The van der Waals surface area contributed by atoms with Crippen molar-refractivity contribution >= 4 is 27.7 Å². The molecule has 0 saturated carbocycles. The first-order chi connectivity index (χ1) is 20.9. The van der Waals surface area contributed by atoms with Gasteiger partial charge in [0.15, 0.2) is 11.6 Å². The molecule has 0 unspecified atom stereocenters. The number of carbonyl (C=O) groups excluding carboxylic acids is 1. The Hall–Kier alpha value is -4.08. The van der Waals surface area contributed by atoms with Crippen LogP contribution in [0.2, 0.25) is 0 Å². The zero-order chi connectivity index (χ0) is 30.2. The topological polar surface area (TPSA) is 80.2 Å². The third-order valence-corrected chi connectivity index (χ3v) is 7.95. The van der Waals surface area contributed by atoms with Gasteiger partial charge in [-0.05, 0) is 65.6 Å². The highest BCUT2D eigenvalue weighted by Crippen LogP contribution is 2.43. The Morgan fingerprint density at radius 3 is 2.37 bits per heavy atom. The van der Waals surface area contributed by atoms with Crippen molar-refractivity contribution in [2.75, 3.05) is 19.8 Å². The number of aliphatic hydroxyl groups is 1. The van der Waals surface area contributed by atoms with Crippen LogP contribution >= 0.6 is 15.9 Å². The van der Waals surface area contributed by atoms with E-state index in [1.807, 2.05) is 66.7 Å². The summed E-state index contributed by atoms with van der Waals surface area (Å²) in [7, 11) is 0. The Labute approximate surface area is 257 Å². The Kier molecular flexibility index (Phi) is 9.84. The first-order valence-electron chi connectivity index (χ1n) is 14.0. The highest BCUT2D eigenvalue weighted by molar-refractivity contribution is 9.10. The highest BCUT2D eigenvalue weighted by atomic mass is 79.9. The van der Waals surface area contributed by atoms with Crippen molar-refractivity contribution in [1.29, 1.82) is 0 Å². The Morgan fingerprint density at radius 1 is 0.977 bits per heavy atom. The summed E-state index contributed by atoms with van der Waals surface area (Å²) in [4.78, 5) is 19.3. The standard InChI is InChI=1S/C34H31BrF2N2O4/c35-30-10-5-4-9-26(30)22-34(33(41)38-16-15-23-19-27(36)21-28(37)20-23)31(24-7-2-1-3-8-24)43-32(39-34)25-11-13-29(14-12-25)42-18-6-17-40/h1-5,7-14,19-21,31,40H,6,15-18,22H2,(H,38,41)/t31-,34-/m1/s1. The fraction of sp³-hybridized carbons (Fsp3) is 0.235. The molecule has 9 heteroatoms. The number of aliphatic imine (C=N–C) groups is 1. The van der Waals surface area contributed by atoms with E-state index in [1.165, 1.54) is 12.1 Å². The molecule has 0 saturated heterocycles. The van der Waals surface area contributed by atoms with Gasteiger partial charge in [-0.15, -0.1) is 0 Å². The second-order valence-electron chi connectivity index (χ2n) is 10.3. The van der Waals surface area contributed by atoms with Crippen LogP contribution in [0.3, 0.4) is 0 Å². The molecule has 0 radical (unpaired) electrons. The number of rotatable bonds is 12. The zero-order valence-corrected chi connectivity index (χ0v) is 24.9. The third kappa shape index (κ3) is 7.29. The van der Waals surface area contributed by atoms with E-state index in [1.54, 1.807) is 12.1 Å². The van der Waals surface area contributed by atoms with Crippen LogP contribution in [0.15, 0.2) is 107 Å². The number of halogens is 3. The Balaban J connectivity index is 1.50. The Morgan fingerprint density at radius 2 is 1.67 bits per heavy atom. The molecule has 6 nitrogen and oxygen atoms in total. The van der Waals surface area contributed by atoms with Crippen molar-refractivity contribution in [2.24, 2.45) is 4.99 Å². The third-order valence-electron chi connectivity index (χ3n) is 7.17. The lowest BCUT2D eigenvalue weighted by atomic mass is 9.82. The zero-order valence-electron chi connectivity index (χ0n) is 23.3. The summed E-state index contributed by atoms with van der Waals surface area (Å²) in [6, 6.07) is 27.7. The number of nitrogens with one attached hydrogen (secondary N) is 1. The number of carbonyl (C=O) groups is 1. The average Bonchev–Trinajstić information content (AvgIpc) is 3.39. The van der Waals surface area contributed by atoms with Gasteiger partial charge in [0.25, 0.3) is 5.91 Å². The van der Waals surface area contributed by atoms with E-state index in [2.05, 4.69) is 21.2 Å². The lowest BCUT2D eigenvalue weighted by Gasteiger charge is -2.31. The van der Waals surface area contributed by atoms with Crippen molar-refractivity contribution in [2.45, 2.75) is 30.9 Å². The molecule has 1 amide bonds. The van der Waals surface area contributed by atoms with Crippen molar-refractivity contribution in [3.05, 3.63) is 135 Å². The minimum absolute atomic E-state index is 0.0460. The van der Waals surface area contributed by atoms with Gasteiger partial charge in [-0.2, -0.15) is 0 Å². The van der Waals surface area contributed by atoms with Gasteiger partial charge in [-0.3, -0.25) is 4.79 Å². The van der Waals surface area contributed by atoms with Crippen LogP contribution in [0.1, 0.15) is 34.8 Å². The summed E-state index contributed by atoms with van der Waals surface area (Å²) in [5, 5.41) is 12.0. The van der Waals surface area contributed by atoms with E-state index >= 15 is 0 Å². The summed E-state index contributed by atoms with van der Waals surface area (Å²) in [6.45, 7) is 0.580. The highest BCUT2D eigenvalue weighted by Gasteiger charge is 2.53. The van der Waals surface area contributed by atoms with E-state index in [9.17, 15) is 13.6 Å². The second-order valence-corrected chi connectivity index (χ2v) is 11.1. The van der Waals surface area contributed by atoms with Gasteiger partial charge in [0.1, 0.15) is 17.4 Å². The number of ether oxygens (including phenoxy) is 2. The van der Waals surface area contributed by atoms with Crippen LogP contribution in [0, 0.1) is 11.6 Å². The van der Waals surface area contributed by atoms with E-state index in [0.29, 0.717) is 35.8 Å². The van der Waals surface area contributed by atoms with Gasteiger partial charge >= 0.3 is 0 Å². The first-order valence-corrected chi connectivity index (χ1v) is 14.8. The quantitative estimate of drug-likeness (QED) is 0.176. The molecule has 4 aromatic rings. The molecule has 222 valence electrons. The minimum Gasteiger partial charge on any atom is -0.494 e. The molecule has 2 atom stereocenters. The SMILES string of the molecule is O=C(NCCc1cc(F)cc(F)c1)[C@]1(Cc2ccccc2Br)N=C(c2ccc(OCCCO)cc2)O[C@@H]1c1ccccc1. The number of hydrogen-bond acceptors (Lipinski definition) is 5. The van der Waals surface area contributed by atoms with Crippen LogP contribution < -0.4 is 10.1 Å². The van der Waals surface area contributed by atoms with Crippen molar-refractivity contribution in [1.82, 2.24) is 5.32 Å². The van der Waals surface area contributed by atoms with E-state index < -0.39 is 23.3 Å². The maximum absolute atomic E-state index is 14.3. The van der Waals surface area contributed by atoms with Crippen LogP contribution in [0.25, 0.3) is 0 Å². The number of benzene rings is 4. The largest absolute Gasteiger partial charge is 0.494 e. The molecule has 1 aliphatic heterocycles. The van der Waals surface area contributed by atoms with Crippen LogP contribution in [-0.4, -0.2) is 42.2 Å². The summed E-state index contributed by atoms with van der Waals surface area (Å²) < 4.78 is 40.5. The van der Waals surface area contributed by atoms with E-state index in [0.717, 1.165) is 21.7 Å². The molecule has 1 aliphatic rings. The smallest absolute Gasteiger partial charge is 0.252 e. The molecule has 0 spiro atoms. The van der Waals surface area contributed by atoms with Crippen molar-refractivity contribution in [3.63, 3.8) is 0 Å². The molecule has 0 aromatic heterocycles. The molecular weight excluding hydrogens is 618 g/mol. The molecular formula is C34H31BrF2N2O4. The first kappa shape index (κ1) is 30.4. The molecule has 0 bridgehead atoms. The van der Waals surface area contributed by atoms with E-state index in [-0.39, 0.29) is 31.9 Å². The number of aliphatic hydroxyl groups excluding tert-OH is 1. The maximum atomic E-state index is 14.3. The number of hydrogen-bond donors (Lipinski definition) is 2. The van der Waals surface area contributed by atoms with Crippen molar-refractivity contribution in [3.8, 4) is 5.75 Å². The average molecular weight is 650 g/mol.